The van der Waals surface area contributed by atoms with Crippen molar-refractivity contribution in [2.75, 3.05) is 5.33 Å². The second-order valence-electron chi connectivity index (χ2n) is 3.88. The highest BCUT2D eigenvalue weighted by Gasteiger charge is 2.14. The molecule has 0 radical (unpaired) electrons. The molecule has 1 aromatic carbocycles. The maximum Gasteiger partial charge on any atom is 0.0406 e. The summed E-state index contributed by atoms with van der Waals surface area (Å²) in [5.74, 6) is 1.31. The SMILES string of the molecule is CC(C)C(CCBr)c1ccc(Cl)cc1. The standard InChI is InChI=1S/C12H16BrCl/c1-9(2)12(7-8-13)10-3-5-11(14)6-4-10/h3-6,9,12H,7-8H2,1-2H3. The first-order valence-electron chi connectivity index (χ1n) is 4.96. The van der Waals surface area contributed by atoms with E-state index in [4.69, 9.17) is 11.6 Å². The van der Waals surface area contributed by atoms with Crippen molar-refractivity contribution in [1.29, 1.82) is 0 Å². The van der Waals surface area contributed by atoms with E-state index in [-0.39, 0.29) is 0 Å². The molecule has 2 heteroatoms. The minimum absolute atomic E-state index is 0.631. The number of halogens is 2. The predicted octanol–water partition coefficient (Wildman–Crippen LogP) is 4.86. The molecular formula is C12H16BrCl. The number of benzene rings is 1. The van der Waals surface area contributed by atoms with Gasteiger partial charge in [-0.25, -0.2) is 0 Å². The molecule has 0 fully saturated rings. The molecule has 0 aromatic heterocycles. The van der Waals surface area contributed by atoms with Crippen molar-refractivity contribution in [1.82, 2.24) is 0 Å². The Bertz CT molecular complexity index is 266. The first kappa shape index (κ1) is 12.1. The normalized spacial score (nSPS) is 13.2. The Morgan fingerprint density at radius 3 is 2.21 bits per heavy atom. The Morgan fingerprint density at radius 1 is 1.21 bits per heavy atom. The van der Waals surface area contributed by atoms with Crippen LogP contribution in [0.25, 0.3) is 0 Å². The maximum atomic E-state index is 5.86. The Kier molecular flexibility index (Phi) is 4.97. The van der Waals surface area contributed by atoms with Gasteiger partial charge in [0.15, 0.2) is 0 Å². The second-order valence-corrected chi connectivity index (χ2v) is 5.11. The molecule has 14 heavy (non-hydrogen) atoms. The Labute approximate surface area is 99.8 Å². The molecule has 0 saturated heterocycles. The molecule has 0 bridgehead atoms. The summed E-state index contributed by atoms with van der Waals surface area (Å²) in [6.45, 7) is 4.53. The van der Waals surface area contributed by atoms with Crippen molar-refractivity contribution in [3.63, 3.8) is 0 Å². The van der Waals surface area contributed by atoms with E-state index in [2.05, 4.69) is 41.9 Å². The highest BCUT2D eigenvalue weighted by molar-refractivity contribution is 9.09. The van der Waals surface area contributed by atoms with Gasteiger partial charge in [-0.1, -0.05) is 53.5 Å². The number of hydrogen-bond acceptors (Lipinski definition) is 0. The molecule has 78 valence electrons. The molecule has 0 nitrogen and oxygen atoms in total. The zero-order chi connectivity index (χ0) is 10.6. The van der Waals surface area contributed by atoms with Gasteiger partial charge in [0.25, 0.3) is 0 Å². The monoisotopic (exact) mass is 274 g/mol. The van der Waals surface area contributed by atoms with Gasteiger partial charge in [-0.05, 0) is 36.0 Å². The van der Waals surface area contributed by atoms with E-state index in [1.54, 1.807) is 0 Å². The van der Waals surface area contributed by atoms with Crippen LogP contribution in [0.1, 0.15) is 31.7 Å². The van der Waals surface area contributed by atoms with Crippen molar-refractivity contribution in [2.45, 2.75) is 26.2 Å². The van der Waals surface area contributed by atoms with Gasteiger partial charge in [0.05, 0.1) is 0 Å². The van der Waals surface area contributed by atoms with E-state index in [9.17, 15) is 0 Å². The molecule has 0 spiro atoms. The second kappa shape index (κ2) is 5.77. The van der Waals surface area contributed by atoms with Gasteiger partial charge >= 0.3 is 0 Å². The van der Waals surface area contributed by atoms with E-state index in [0.29, 0.717) is 11.8 Å². The van der Waals surface area contributed by atoms with Crippen LogP contribution in [0.4, 0.5) is 0 Å². The van der Waals surface area contributed by atoms with Crippen LogP contribution in [-0.4, -0.2) is 5.33 Å². The van der Waals surface area contributed by atoms with Crippen LogP contribution < -0.4 is 0 Å². The van der Waals surface area contributed by atoms with Crippen LogP contribution in [-0.2, 0) is 0 Å². The summed E-state index contributed by atoms with van der Waals surface area (Å²) < 4.78 is 0. The van der Waals surface area contributed by atoms with Crippen molar-refractivity contribution >= 4 is 27.5 Å². The van der Waals surface area contributed by atoms with Gasteiger partial charge in [0, 0.05) is 10.4 Å². The Balaban J connectivity index is 2.82. The van der Waals surface area contributed by atoms with E-state index in [1.807, 2.05) is 12.1 Å². The molecule has 0 aliphatic heterocycles. The summed E-state index contributed by atoms with van der Waals surface area (Å²) in [7, 11) is 0. The fourth-order valence-corrected chi connectivity index (χ4v) is 2.33. The quantitative estimate of drug-likeness (QED) is 0.688. The lowest BCUT2D eigenvalue weighted by atomic mass is 9.86. The Hall–Kier alpha value is -0.0100. The van der Waals surface area contributed by atoms with Crippen LogP contribution >= 0.6 is 27.5 Å². The third kappa shape index (κ3) is 3.29. The summed E-state index contributed by atoms with van der Waals surface area (Å²) in [6.07, 6.45) is 1.18. The number of hydrogen-bond donors (Lipinski definition) is 0. The lowest BCUT2D eigenvalue weighted by molar-refractivity contribution is 0.489. The topological polar surface area (TPSA) is 0 Å². The third-order valence-corrected chi connectivity index (χ3v) is 3.23. The van der Waals surface area contributed by atoms with Gasteiger partial charge in [0.1, 0.15) is 0 Å². The molecule has 0 saturated carbocycles. The summed E-state index contributed by atoms with van der Waals surface area (Å²) >= 11 is 9.37. The number of rotatable bonds is 4. The zero-order valence-electron chi connectivity index (χ0n) is 8.63. The first-order valence-corrected chi connectivity index (χ1v) is 6.46. The molecular weight excluding hydrogens is 259 g/mol. The van der Waals surface area contributed by atoms with E-state index >= 15 is 0 Å². The van der Waals surface area contributed by atoms with Gasteiger partial charge in [0.2, 0.25) is 0 Å². The summed E-state index contributed by atoms with van der Waals surface area (Å²) in [5.41, 5.74) is 1.39. The lowest BCUT2D eigenvalue weighted by Gasteiger charge is -2.20. The smallest absolute Gasteiger partial charge is 0.0406 e. The highest BCUT2D eigenvalue weighted by atomic mass is 79.9. The van der Waals surface area contributed by atoms with Crippen molar-refractivity contribution in [3.05, 3.63) is 34.9 Å². The predicted molar refractivity (Wildman–Crippen MR) is 67.4 cm³/mol. The van der Waals surface area contributed by atoms with Crippen LogP contribution in [0.2, 0.25) is 5.02 Å². The van der Waals surface area contributed by atoms with Gasteiger partial charge in [-0.2, -0.15) is 0 Å². The average Bonchev–Trinajstić information content (AvgIpc) is 2.15. The van der Waals surface area contributed by atoms with Crippen LogP contribution in [0.3, 0.4) is 0 Å². The van der Waals surface area contributed by atoms with E-state index < -0.39 is 0 Å². The molecule has 1 unspecified atom stereocenters. The molecule has 0 amide bonds. The van der Waals surface area contributed by atoms with Gasteiger partial charge in [-0.3, -0.25) is 0 Å². The van der Waals surface area contributed by atoms with E-state index in [1.165, 1.54) is 12.0 Å². The molecule has 1 rings (SSSR count). The minimum Gasteiger partial charge on any atom is -0.0928 e. The molecule has 0 aliphatic carbocycles. The van der Waals surface area contributed by atoms with Crippen LogP contribution in [0.5, 0.6) is 0 Å². The molecule has 1 atom stereocenters. The average molecular weight is 276 g/mol. The van der Waals surface area contributed by atoms with Crippen molar-refractivity contribution in [2.24, 2.45) is 5.92 Å². The summed E-state index contributed by atoms with van der Waals surface area (Å²) in [5, 5.41) is 1.87. The Morgan fingerprint density at radius 2 is 1.79 bits per heavy atom. The minimum atomic E-state index is 0.631. The highest BCUT2D eigenvalue weighted by Crippen LogP contribution is 2.29. The van der Waals surface area contributed by atoms with Crippen LogP contribution in [0, 0.1) is 5.92 Å². The fourth-order valence-electron chi connectivity index (χ4n) is 1.71. The summed E-state index contributed by atoms with van der Waals surface area (Å²) in [6, 6.07) is 8.21. The molecule has 0 heterocycles. The number of alkyl halides is 1. The van der Waals surface area contributed by atoms with Crippen LogP contribution in [0.15, 0.2) is 24.3 Å². The van der Waals surface area contributed by atoms with Crippen molar-refractivity contribution < 1.29 is 0 Å². The third-order valence-electron chi connectivity index (χ3n) is 2.52. The van der Waals surface area contributed by atoms with Gasteiger partial charge in [-0.15, -0.1) is 0 Å². The van der Waals surface area contributed by atoms with Crippen molar-refractivity contribution in [3.8, 4) is 0 Å². The maximum absolute atomic E-state index is 5.86. The van der Waals surface area contributed by atoms with E-state index in [0.717, 1.165) is 10.4 Å². The summed E-state index contributed by atoms with van der Waals surface area (Å²) in [4.78, 5) is 0. The molecule has 1 aromatic rings. The first-order chi connectivity index (χ1) is 6.65. The zero-order valence-corrected chi connectivity index (χ0v) is 11.0. The molecule has 0 N–H and O–H groups in total. The van der Waals surface area contributed by atoms with Gasteiger partial charge < -0.3 is 0 Å². The fraction of sp³-hybridized carbons (Fsp3) is 0.500. The largest absolute Gasteiger partial charge is 0.0928 e. The molecule has 0 aliphatic rings. The lowest BCUT2D eigenvalue weighted by Crippen LogP contribution is -2.07.